The fraction of sp³-hybridized carbons (Fsp3) is 0.417. The van der Waals surface area contributed by atoms with Gasteiger partial charge >= 0.3 is 18.3 Å². The molecule has 0 saturated heterocycles. The van der Waals surface area contributed by atoms with Crippen molar-refractivity contribution in [2.45, 2.75) is 51.2 Å². The topological polar surface area (TPSA) is 27.7 Å². The van der Waals surface area contributed by atoms with E-state index in [-0.39, 0.29) is 12.0 Å². The number of halogens is 8. The highest BCUT2D eigenvalue weighted by Gasteiger charge is 2.44. The van der Waals surface area contributed by atoms with Gasteiger partial charge in [-0.3, -0.25) is 0 Å². The summed E-state index contributed by atoms with van der Waals surface area (Å²) in [5.41, 5.74) is -0.805. The monoisotopic (exact) mass is 510 g/mol. The van der Waals surface area contributed by atoms with E-state index in [0.717, 1.165) is 30.7 Å². The predicted octanol–water partition coefficient (Wildman–Crippen LogP) is 8.40. The second-order valence-electron chi connectivity index (χ2n) is 8.17. The van der Waals surface area contributed by atoms with Gasteiger partial charge in [0.1, 0.15) is 11.5 Å². The van der Waals surface area contributed by atoms with Gasteiger partial charge in [0.15, 0.2) is 23.6 Å². The molecule has 0 radical (unpaired) electrons. The van der Waals surface area contributed by atoms with Crippen molar-refractivity contribution >= 4 is 0 Å². The molecular formula is C24H22F8O3. The standard InChI is InChI=1S/C24H22F8O3/c1-2-14-3-5-15(6-4-14)23(29,30)34-17-9-7-16(8-10-17)24(31,32)35-18-11-19(25)22(20(26)12-18)33-13-21(27)28/h7-15H,2-6H2,1H3. The van der Waals surface area contributed by atoms with Crippen molar-refractivity contribution in [1.82, 2.24) is 0 Å². The Bertz CT molecular complexity index is 1000. The first kappa shape index (κ1) is 26.6. The van der Waals surface area contributed by atoms with Crippen LogP contribution < -0.4 is 14.2 Å². The molecule has 0 bridgehead atoms. The Morgan fingerprint density at radius 1 is 0.886 bits per heavy atom. The molecule has 0 atom stereocenters. The van der Waals surface area contributed by atoms with Gasteiger partial charge < -0.3 is 14.2 Å². The molecule has 0 unspecified atom stereocenters. The summed E-state index contributed by atoms with van der Waals surface area (Å²) in [5, 5.41) is 0. The Morgan fingerprint density at radius 3 is 1.97 bits per heavy atom. The fourth-order valence-corrected chi connectivity index (χ4v) is 3.88. The van der Waals surface area contributed by atoms with Gasteiger partial charge in [-0.25, -0.2) is 8.78 Å². The Morgan fingerprint density at radius 2 is 1.46 bits per heavy atom. The summed E-state index contributed by atoms with van der Waals surface area (Å²) < 4.78 is 123. The average Bonchev–Trinajstić information content (AvgIpc) is 2.78. The van der Waals surface area contributed by atoms with Gasteiger partial charge in [0.05, 0.1) is 11.5 Å². The smallest absolute Gasteiger partial charge is 0.426 e. The van der Waals surface area contributed by atoms with Crippen LogP contribution in [0.5, 0.6) is 17.2 Å². The Kier molecular flexibility index (Phi) is 8.17. The fourth-order valence-electron chi connectivity index (χ4n) is 3.88. The lowest BCUT2D eigenvalue weighted by Crippen LogP contribution is -2.37. The minimum atomic E-state index is -4.12. The molecule has 192 valence electrons. The molecule has 1 saturated carbocycles. The summed E-state index contributed by atoms with van der Waals surface area (Å²) in [4.78, 5) is 0. The highest BCUT2D eigenvalue weighted by Crippen LogP contribution is 2.41. The van der Waals surface area contributed by atoms with Crippen LogP contribution in [-0.4, -0.2) is 6.11 Å². The first-order valence-corrected chi connectivity index (χ1v) is 10.8. The van der Waals surface area contributed by atoms with Crippen molar-refractivity contribution in [1.29, 1.82) is 0 Å². The minimum Gasteiger partial charge on any atom is -0.453 e. The van der Waals surface area contributed by atoms with E-state index in [0.29, 0.717) is 43.7 Å². The molecule has 0 heterocycles. The molecule has 1 aliphatic carbocycles. The zero-order chi connectivity index (χ0) is 25.8. The zero-order valence-electron chi connectivity index (χ0n) is 18.5. The SMILES string of the molecule is CCC1CCC(C(F)(F)Oc2ccc(C(F)(F)Oc3cc(F)c(OC=C(F)F)c(F)c3)cc2)CC1. The second kappa shape index (κ2) is 10.7. The highest BCUT2D eigenvalue weighted by atomic mass is 19.3. The molecule has 1 fully saturated rings. The van der Waals surface area contributed by atoms with Gasteiger partial charge in [-0.1, -0.05) is 13.3 Å². The maximum Gasteiger partial charge on any atom is 0.426 e. The van der Waals surface area contributed by atoms with Crippen molar-refractivity contribution < 1.29 is 49.3 Å². The van der Waals surface area contributed by atoms with Crippen LogP contribution in [0, 0.1) is 23.5 Å². The molecule has 35 heavy (non-hydrogen) atoms. The normalized spacial score (nSPS) is 18.7. The van der Waals surface area contributed by atoms with Crippen LogP contribution in [0.2, 0.25) is 0 Å². The predicted molar refractivity (Wildman–Crippen MR) is 110 cm³/mol. The number of hydrogen-bond acceptors (Lipinski definition) is 3. The second-order valence-corrected chi connectivity index (χ2v) is 8.17. The molecule has 2 aromatic carbocycles. The van der Waals surface area contributed by atoms with Gasteiger partial charge in [0, 0.05) is 12.1 Å². The first-order valence-electron chi connectivity index (χ1n) is 10.8. The third kappa shape index (κ3) is 6.79. The number of hydrogen-bond donors (Lipinski definition) is 0. The molecular weight excluding hydrogens is 488 g/mol. The molecule has 3 nitrogen and oxygen atoms in total. The van der Waals surface area contributed by atoms with Gasteiger partial charge in [0.2, 0.25) is 0 Å². The van der Waals surface area contributed by atoms with Crippen molar-refractivity contribution in [3.05, 3.63) is 65.9 Å². The molecule has 0 spiro atoms. The van der Waals surface area contributed by atoms with Crippen molar-refractivity contribution in [3.63, 3.8) is 0 Å². The van der Waals surface area contributed by atoms with Crippen molar-refractivity contribution in [3.8, 4) is 17.2 Å². The zero-order valence-corrected chi connectivity index (χ0v) is 18.5. The van der Waals surface area contributed by atoms with Crippen LogP contribution in [0.1, 0.15) is 44.6 Å². The largest absolute Gasteiger partial charge is 0.453 e. The lowest BCUT2D eigenvalue weighted by atomic mass is 9.80. The van der Waals surface area contributed by atoms with Crippen LogP contribution in [0.4, 0.5) is 35.1 Å². The van der Waals surface area contributed by atoms with E-state index in [4.69, 9.17) is 4.74 Å². The Hall–Kier alpha value is -2.98. The van der Waals surface area contributed by atoms with E-state index in [9.17, 15) is 35.1 Å². The van der Waals surface area contributed by atoms with E-state index in [2.05, 4.69) is 9.47 Å². The molecule has 0 aliphatic heterocycles. The summed E-state index contributed by atoms with van der Waals surface area (Å²) in [6, 6.07) is 4.02. The van der Waals surface area contributed by atoms with Crippen LogP contribution in [0.15, 0.2) is 48.7 Å². The van der Waals surface area contributed by atoms with E-state index < -0.39 is 52.9 Å². The Labute approximate surface area is 196 Å². The van der Waals surface area contributed by atoms with E-state index in [1.54, 1.807) is 0 Å². The molecule has 0 amide bonds. The first-order chi connectivity index (χ1) is 16.4. The summed E-state index contributed by atoms with van der Waals surface area (Å²) in [7, 11) is 0. The van der Waals surface area contributed by atoms with Crippen LogP contribution in [0.25, 0.3) is 0 Å². The van der Waals surface area contributed by atoms with Crippen LogP contribution >= 0.6 is 0 Å². The molecule has 2 aromatic rings. The third-order valence-electron chi connectivity index (χ3n) is 5.83. The maximum atomic E-state index is 14.5. The summed E-state index contributed by atoms with van der Waals surface area (Å²) in [6.45, 7) is 2.01. The van der Waals surface area contributed by atoms with Gasteiger partial charge in [0.25, 0.3) is 0 Å². The molecule has 0 N–H and O–H groups in total. The van der Waals surface area contributed by atoms with Crippen LogP contribution in [-0.2, 0) is 6.11 Å². The number of ether oxygens (including phenoxy) is 3. The Balaban J connectivity index is 1.68. The summed E-state index contributed by atoms with van der Waals surface area (Å²) >= 11 is 0. The molecule has 0 aromatic heterocycles. The minimum absolute atomic E-state index is 0.222. The molecule has 1 aliphatic rings. The van der Waals surface area contributed by atoms with Gasteiger partial charge in [-0.15, -0.1) is 0 Å². The average molecular weight is 510 g/mol. The van der Waals surface area contributed by atoms with Crippen molar-refractivity contribution in [2.24, 2.45) is 11.8 Å². The van der Waals surface area contributed by atoms with E-state index in [1.807, 2.05) is 6.92 Å². The summed E-state index contributed by atoms with van der Waals surface area (Å²) in [5.74, 6) is -6.23. The van der Waals surface area contributed by atoms with Gasteiger partial charge in [-0.2, -0.15) is 26.3 Å². The molecule has 11 heteroatoms. The number of rotatable bonds is 9. The van der Waals surface area contributed by atoms with E-state index in [1.165, 1.54) is 0 Å². The lowest BCUT2D eigenvalue weighted by molar-refractivity contribution is -0.223. The van der Waals surface area contributed by atoms with E-state index >= 15 is 0 Å². The summed E-state index contributed by atoms with van der Waals surface area (Å²) in [6.07, 6.45) is -7.34. The van der Waals surface area contributed by atoms with Gasteiger partial charge in [-0.05, 0) is 55.9 Å². The third-order valence-corrected chi connectivity index (χ3v) is 5.83. The van der Waals surface area contributed by atoms with Crippen LogP contribution in [0.3, 0.4) is 0 Å². The lowest BCUT2D eigenvalue weighted by Gasteiger charge is -2.33. The van der Waals surface area contributed by atoms with Crippen molar-refractivity contribution in [2.75, 3.05) is 0 Å². The molecule has 3 rings (SSSR count). The number of benzene rings is 2. The highest BCUT2D eigenvalue weighted by molar-refractivity contribution is 5.36. The number of alkyl halides is 4. The quantitative estimate of drug-likeness (QED) is 0.251. The maximum absolute atomic E-state index is 14.5.